The van der Waals surface area contributed by atoms with E-state index in [0.717, 1.165) is 9.35 Å². The third kappa shape index (κ3) is 3.89. The summed E-state index contributed by atoms with van der Waals surface area (Å²) in [4.78, 5) is 0.858. The molecule has 6 heteroatoms. The monoisotopic (exact) mass is 323 g/mol. The van der Waals surface area contributed by atoms with Gasteiger partial charge in [-0.1, -0.05) is 11.6 Å². The first kappa shape index (κ1) is 13.2. The van der Waals surface area contributed by atoms with E-state index in [4.69, 9.17) is 21.3 Å². The van der Waals surface area contributed by atoms with Crippen molar-refractivity contribution in [3.63, 3.8) is 0 Å². The molecule has 1 aromatic heterocycles. The SMILES string of the molecule is C[Si](C)(C)OC(C#N)c1cc(Br)c(Cl)s1. The van der Waals surface area contributed by atoms with Crippen molar-refractivity contribution in [3.8, 4) is 6.07 Å². The van der Waals surface area contributed by atoms with Crippen LogP contribution in [-0.4, -0.2) is 8.32 Å². The van der Waals surface area contributed by atoms with E-state index in [0.29, 0.717) is 4.34 Å². The van der Waals surface area contributed by atoms with E-state index in [1.165, 1.54) is 11.3 Å². The molecule has 1 atom stereocenters. The van der Waals surface area contributed by atoms with E-state index in [-0.39, 0.29) is 0 Å². The van der Waals surface area contributed by atoms with Gasteiger partial charge in [-0.2, -0.15) is 5.26 Å². The number of rotatable bonds is 3. The summed E-state index contributed by atoms with van der Waals surface area (Å²) in [7, 11) is -1.71. The lowest BCUT2D eigenvalue weighted by molar-refractivity contribution is 0.259. The van der Waals surface area contributed by atoms with E-state index in [2.05, 4.69) is 41.6 Å². The first-order valence-corrected chi connectivity index (χ1v) is 9.75. The number of hydrogen-bond acceptors (Lipinski definition) is 3. The molecule has 0 fully saturated rings. The van der Waals surface area contributed by atoms with Gasteiger partial charge in [0.15, 0.2) is 14.4 Å². The highest BCUT2D eigenvalue weighted by atomic mass is 79.9. The van der Waals surface area contributed by atoms with Crippen molar-refractivity contribution < 1.29 is 4.43 Å². The number of nitrogens with zero attached hydrogens (tertiary/aromatic N) is 1. The molecule has 1 rings (SSSR count). The smallest absolute Gasteiger partial charge is 0.186 e. The van der Waals surface area contributed by atoms with Crippen molar-refractivity contribution in [1.82, 2.24) is 0 Å². The first-order chi connectivity index (χ1) is 6.83. The van der Waals surface area contributed by atoms with E-state index >= 15 is 0 Å². The van der Waals surface area contributed by atoms with Crippen molar-refractivity contribution in [2.75, 3.05) is 0 Å². The molecule has 1 heterocycles. The molecule has 0 aliphatic rings. The molecule has 0 aliphatic carbocycles. The maximum absolute atomic E-state index is 9.04. The molecule has 1 aromatic rings. The van der Waals surface area contributed by atoms with E-state index < -0.39 is 14.4 Å². The third-order valence-corrected chi connectivity index (χ3v) is 4.97. The van der Waals surface area contributed by atoms with E-state index in [1.807, 2.05) is 6.07 Å². The molecular formula is C9H11BrClNOSSi. The highest BCUT2D eigenvalue weighted by Gasteiger charge is 2.24. The Labute approximate surface area is 108 Å². The van der Waals surface area contributed by atoms with Gasteiger partial charge >= 0.3 is 0 Å². The number of nitriles is 1. The second kappa shape index (κ2) is 4.98. The summed E-state index contributed by atoms with van der Waals surface area (Å²) in [6, 6.07) is 4.01. The van der Waals surface area contributed by atoms with Crippen molar-refractivity contribution in [2.24, 2.45) is 0 Å². The zero-order valence-corrected chi connectivity index (χ0v) is 12.8. The van der Waals surface area contributed by atoms with Gasteiger partial charge in [-0.15, -0.1) is 11.3 Å². The Morgan fingerprint density at radius 2 is 2.20 bits per heavy atom. The van der Waals surface area contributed by atoms with Crippen LogP contribution in [0.3, 0.4) is 0 Å². The zero-order chi connectivity index (χ0) is 11.6. The van der Waals surface area contributed by atoms with Crippen LogP contribution in [0, 0.1) is 11.3 Å². The van der Waals surface area contributed by atoms with Crippen LogP contribution in [0.5, 0.6) is 0 Å². The predicted molar refractivity (Wildman–Crippen MR) is 69.8 cm³/mol. The maximum Gasteiger partial charge on any atom is 0.186 e. The van der Waals surface area contributed by atoms with Gasteiger partial charge in [0.05, 0.1) is 6.07 Å². The summed E-state index contributed by atoms with van der Waals surface area (Å²) in [5, 5.41) is 9.04. The Balaban J connectivity index is 2.90. The molecule has 82 valence electrons. The van der Waals surface area contributed by atoms with Crippen LogP contribution in [0.25, 0.3) is 0 Å². The maximum atomic E-state index is 9.04. The Morgan fingerprint density at radius 3 is 2.53 bits per heavy atom. The fourth-order valence-electron chi connectivity index (χ4n) is 0.994. The molecule has 0 spiro atoms. The Kier molecular flexibility index (Phi) is 4.38. The molecular weight excluding hydrogens is 314 g/mol. The first-order valence-electron chi connectivity index (χ1n) is 4.35. The molecule has 0 N–H and O–H groups in total. The Bertz CT molecular complexity index is 376. The summed E-state index contributed by atoms with van der Waals surface area (Å²) in [5.41, 5.74) is 0. The summed E-state index contributed by atoms with van der Waals surface area (Å²) < 4.78 is 7.23. The topological polar surface area (TPSA) is 33.0 Å². The van der Waals surface area contributed by atoms with Gasteiger partial charge in [-0.3, -0.25) is 0 Å². The van der Waals surface area contributed by atoms with Crippen molar-refractivity contribution in [3.05, 3.63) is 19.8 Å². The number of hydrogen-bond donors (Lipinski definition) is 0. The largest absolute Gasteiger partial charge is 0.398 e. The molecule has 2 nitrogen and oxygen atoms in total. The molecule has 1 unspecified atom stereocenters. The summed E-state index contributed by atoms with van der Waals surface area (Å²) in [5.74, 6) is 0. The van der Waals surface area contributed by atoms with Crippen LogP contribution < -0.4 is 0 Å². The van der Waals surface area contributed by atoms with Crippen molar-refractivity contribution in [2.45, 2.75) is 25.7 Å². The van der Waals surface area contributed by atoms with Gasteiger partial charge in [0, 0.05) is 9.35 Å². The minimum Gasteiger partial charge on any atom is -0.398 e. The van der Waals surface area contributed by atoms with Gasteiger partial charge in [-0.05, 0) is 41.6 Å². The minimum atomic E-state index is -1.71. The lowest BCUT2D eigenvalue weighted by atomic mass is 10.3. The quantitative estimate of drug-likeness (QED) is 0.762. The second-order valence-electron chi connectivity index (χ2n) is 4.01. The lowest BCUT2D eigenvalue weighted by Crippen LogP contribution is -2.27. The highest BCUT2D eigenvalue weighted by molar-refractivity contribution is 9.10. The van der Waals surface area contributed by atoms with Crippen molar-refractivity contribution >= 4 is 47.2 Å². The van der Waals surface area contributed by atoms with Crippen LogP contribution in [0.2, 0.25) is 24.0 Å². The van der Waals surface area contributed by atoms with Gasteiger partial charge in [0.1, 0.15) is 4.34 Å². The molecule has 0 radical (unpaired) electrons. The molecule has 0 saturated heterocycles. The average Bonchev–Trinajstić information content (AvgIpc) is 2.41. The molecule has 0 aromatic carbocycles. The van der Waals surface area contributed by atoms with Crippen LogP contribution >= 0.6 is 38.9 Å². The van der Waals surface area contributed by atoms with Gasteiger partial charge in [-0.25, -0.2) is 0 Å². The second-order valence-corrected chi connectivity index (χ2v) is 11.0. The van der Waals surface area contributed by atoms with Gasteiger partial charge in [0.2, 0.25) is 0 Å². The van der Waals surface area contributed by atoms with Gasteiger partial charge < -0.3 is 4.43 Å². The minimum absolute atomic E-state index is 0.495. The Morgan fingerprint density at radius 1 is 1.60 bits per heavy atom. The predicted octanol–water partition coefficient (Wildman–Crippen LogP) is 4.58. The summed E-state index contributed by atoms with van der Waals surface area (Å²) >= 11 is 10.6. The van der Waals surface area contributed by atoms with Crippen LogP contribution in [0.4, 0.5) is 0 Å². The van der Waals surface area contributed by atoms with Crippen LogP contribution in [0.1, 0.15) is 11.0 Å². The van der Waals surface area contributed by atoms with E-state index in [1.54, 1.807) is 0 Å². The van der Waals surface area contributed by atoms with Gasteiger partial charge in [0.25, 0.3) is 0 Å². The van der Waals surface area contributed by atoms with Crippen LogP contribution in [-0.2, 0) is 4.43 Å². The number of thiophene rings is 1. The molecule has 0 amide bonds. The lowest BCUT2D eigenvalue weighted by Gasteiger charge is -2.20. The molecule has 0 saturated carbocycles. The summed E-state index contributed by atoms with van der Waals surface area (Å²) in [6.07, 6.45) is -0.495. The normalized spacial score (nSPS) is 13.6. The fraction of sp³-hybridized carbons (Fsp3) is 0.444. The Hall–Kier alpha value is 0.137. The average molecular weight is 325 g/mol. The standard InChI is InChI=1S/C9H11BrClNOSSi/c1-15(2,3)13-7(5-12)8-4-6(10)9(11)14-8/h4,7H,1-3H3. The zero-order valence-electron chi connectivity index (χ0n) is 8.67. The molecule has 0 aliphatic heterocycles. The number of halogens is 2. The van der Waals surface area contributed by atoms with E-state index in [9.17, 15) is 0 Å². The van der Waals surface area contributed by atoms with Crippen molar-refractivity contribution in [1.29, 1.82) is 5.26 Å². The summed E-state index contributed by atoms with van der Waals surface area (Å²) in [6.45, 7) is 6.17. The third-order valence-electron chi connectivity index (χ3n) is 1.51. The highest BCUT2D eigenvalue weighted by Crippen LogP contribution is 2.37. The molecule has 0 bridgehead atoms. The fourth-order valence-corrected chi connectivity index (χ4v) is 3.68. The van der Waals surface area contributed by atoms with Crippen LogP contribution in [0.15, 0.2) is 10.5 Å². The molecule has 15 heavy (non-hydrogen) atoms.